The summed E-state index contributed by atoms with van der Waals surface area (Å²) in [5.41, 5.74) is 2.36. The molecule has 5 heteroatoms. The summed E-state index contributed by atoms with van der Waals surface area (Å²) in [5, 5.41) is 3.46. The summed E-state index contributed by atoms with van der Waals surface area (Å²) in [4.78, 5) is 0. The molecule has 0 atom stereocenters. The van der Waals surface area contributed by atoms with Crippen LogP contribution in [0.1, 0.15) is 31.4 Å². The molecule has 0 aliphatic carbocycles. The predicted octanol–water partition coefficient (Wildman–Crippen LogP) is 4.94. The molecule has 0 unspecified atom stereocenters. The first-order chi connectivity index (χ1) is 12.2. The van der Waals surface area contributed by atoms with Gasteiger partial charge in [-0.3, -0.25) is 0 Å². The maximum absolute atomic E-state index is 5.82. The van der Waals surface area contributed by atoms with Gasteiger partial charge in [0.15, 0.2) is 11.5 Å². The van der Waals surface area contributed by atoms with Gasteiger partial charge in [0.25, 0.3) is 0 Å². The van der Waals surface area contributed by atoms with Crippen molar-refractivity contribution < 1.29 is 14.2 Å². The van der Waals surface area contributed by atoms with Gasteiger partial charge in [0, 0.05) is 13.1 Å². The van der Waals surface area contributed by atoms with Gasteiger partial charge < -0.3 is 19.5 Å². The minimum Gasteiger partial charge on any atom is -0.497 e. The monoisotopic (exact) mass is 407 g/mol. The van der Waals surface area contributed by atoms with Crippen molar-refractivity contribution in [3.63, 3.8) is 0 Å². The van der Waals surface area contributed by atoms with Crippen LogP contribution in [-0.4, -0.2) is 20.3 Å². The lowest BCUT2D eigenvalue weighted by Crippen LogP contribution is -2.13. The molecule has 0 saturated carbocycles. The minimum atomic E-state index is 0.609. The van der Waals surface area contributed by atoms with E-state index >= 15 is 0 Å². The second-order valence-electron chi connectivity index (χ2n) is 5.64. The SMILES string of the molecule is CCCOc1c(Br)cc(CNCc2ccc(OC)cc2)cc1OCC. The van der Waals surface area contributed by atoms with Crippen molar-refractivity contribution >= 4 is 15.9 Å². The Bertz CT molecular complexity index is 659. The maximum atomic E-state index is 5.82. The van der Waals surface area contributed by atoms with E-state index in [1.54, 1.807) is 7.11 Å². The fourth-order valence-corrected chi connectivity index (χ4v) is 3.03. The minimum absolute atomic E-state index is 0.609. The van der Waals surface area contributed by atoms with Gasteiger partial charge >= 0.3 is 0 Å². The van der Waals surface area contributed by atoms with E-state index in [2.05, 4.69) is 46.4 Å². The third-order valence-electron chi connectivity index (χ3n) is 3.64. The fraction of sp³-hybridized carbons (Fsp3) is 0.400. The first-order valence-electron chi connectivity index (χ1n) is 8.59. The van der Waals surface area contributed by atoms with E-state index in [1.165, 1.54) is 5.56 Å². The molecule has 0 bridgehead atoms. The second kappa shape index (κ2) is 10.3. The summed E-state index contributed by atoms with van der Waals surface area (Å²) >= 11 is 3.60. The molecular weight excluding hydrogens is 382 g/mol. The number of nitrogens with one attached hydrogen (secondary N) is 1. The van der Waals surface area contributed by atoms with Gasteiger partial charge in [-0.05, 0) is 64.7 Å². The molecular formula is C20H26BrNO3. The Hall–Kier alpha value is -1.72. The molecule has 0 radical (unpaired) electrons. The van der Waals surface area contributed by atoms with E-state index in [0.29, 0.717) is 13.2 Å². The van der Waals surface area contributed by atoms with Crippen molar-refractivity contribution in [2.75, 3.05) is 20.3 Å². The highest BCUT2D eigenvalue weighted by atomic mass is 79.9. The van der Waals surface area contributed by atoms with Crippen molar-refractivity contribution in [1.82, 2.24) is 5.32 Å². The molecule has 1 N–H and O–H groups in total. The maximum Gasteiger partial charge on any atom is 0.175 e. The van der Waals surface area contributed by atoms with Crippen LogP contribution < -0.4 is 19.5 Å². The van der Waals surface area contributed by atoms with Crippen LogP contribution in [-0.2, 0) is 13.1 Å². The molecule has 0 spiro atoms. The highest BCUT2D eigenvalue weighted by Crippen LogP contribution is 2.37. The highest BCUT2D eigenvalue weighted by molar-refractivity contribution is 9.10. The third kappa shape index (κ3) is 5.94. The van der Waals surface area contributed by atoms with Crippen LogP contribution in [0.5, 0.6) is 17.2 Å². The number of ether oxygens (including phenoxy) is 3. The molecule has 0 aliphatic heterocycles. The summed E-state index contributed by atoms with van der Waals surface area (Å²) in [6.45, 7) is 6.89. The Morgan fingerprint density at radius 1 is 0.960 bits per heavy atom. The van der Waals surface area contributed by atoms with Crippen molar-refractivity contribution in [2.45, 2.75) is 33.4 Å². The van der Waals surface area contributed by atoms with Gasteiger partial charge in [0.2, 0.25) is 0 Å². The summed E-state index contributed by atoms with van der Waals surface area (Å²) in [7, 11) is 1.68. The van der Waals surface area contributed by atoms with Crippen molar-refractivity contribution in [3.8, 4) is 17.2 Å². The lowest BCUT2D eigenvalue weighted by molar-refractivity contribution is 0.275. The molecule has 0 fully saturated rings. The summed E-state index contributed by atoms with van der Waals surface area (Å²) in [6.07, 6.45) is 0.961. The lowest BCUT2D eigenvalue weighted by Gasteiger charge is -2.15. The number of hydrogen-bond acceptors (Lipinski definition) is 4. The van der Waals surface area contributed by atoms with E-state index in [-0.39, 0.29) is 0 Å². The first-order valence-corrected chi connectivity index (χ1v) is 9.38. The molecule has 4 nitrogen and oxygen atoms in total. The molecule has 0 aromatic heterocycles. The smallest absolute Gasteiger partial charge is 0.175 e. The number of rotatable bonds is 10. The van der Waals surface area contributed by atoms with Crippen LogP contribution in [0.4, 0.5) is 0 Å². The van der Waals surface area contributed by atoms with Gasteiger partial charge in [-0.2, -0.15) is 0 Å². The Labute approximate surface area is 158 Å². The molecule has 2 rings (SSSR count). The average Bonchev–Trinajstić information content (AvgIpc) is 2.62. The van der Waals surface area contributed by atoms with E-state index in [0.717, 1.165) is 46.8 Å². The molecule has 25 heavy (non-hydrogen) atoms. The molecule has 0 aliphatic rings. The Morgan fingerprint density at radius 3 is 2.32 bits per heavy atom. The van der Waals surface area contributed by atoms with Crippen LogP contribution >= 0.6 is 15.9 Å². The van der Waals surface area contributed by atoms with Crippen LogP contribution in [0.3, 0.4) is 0 Å². The van der Waals surface area contributed by atoms with E-state index in [1.807, 2.05) is 25.1 Å². The number of halogens is 1. The van der Waals surface area contributed by atoms with Crippen molar-refractivity contribution in [3.05, 3.63) is 52.0 Å². The van der Waals surface area contributed by atoms with Crippen LogP contribution in [0, 0.1) is 0 Å². The Kier molecular flexibility index (Phi) is 8.09. The summed E-state index contributed by atoms with van der Waals surface area (Å²) < 4.78 is 17.7. The normalized spacial score (nSPS) is 10.6. The van der Waals surface area contributed by atoms with Gasteiger partial charge in [-0.1, -0.05) is 19.1 Å². The lowest BCUT2D eigenvalue weighted by atomic mass is 10.1. The fourth-order valence-electron chi connectivity index (χ4n) is 2.43. The molecule has 0 saturated heterocycles. The number of methoxy groups -OCH3 is 1. The van der Waals surface area contributed by atoms with Crippen LogP contribution in [0.25, 0.3) is 0 Å². The molecule has 136 valence electrons. The number of benzene rings is 2. The molecule has 2 aromatic rings. The van der Waals surface area contributed by atoms with Crippen molar-refractivity contribution in [1.29, 1.82) is 0 Å². The standard InChI is InChI=1S/C20H26BrNO3/c1-4-10-25-20-18(21)11-16(12-19(20)24-5-2)14-22-13-15-6-8-17(23-3)9-7-15/h6-9,11-12,22H,4-5,10,13-14H2,1-3H3. The summed E-state index contributed by atoms with van der Waals surface area (Å²) in [6, 6.07) is 12.2. The van der Waals surface area contributed by atoms with Gasteiger partial charge in [-0.15, -0.1) is 0 Å². The Balaban J connectivity index is 2.00. The number of hydrogen-bond donors (Lipinski definition) is 1. The van der Waals surface area contributed by atoms with Gasteiger partial charge in [0.1, 0.15) is 5.75 Å². The van der Waals surface area contributed by atoms with Crippen LogP contribution in [0.2, 0.25) is 0 Å². The van der Waals surface area contributed by atoms with E-state index < -0.39 is 0 Å². The zero-order chi connectivity index (χ0) is 18.1. The molecule has 0 heterocycles. The van der Waals surface area contributed by atoms with Gasteiger partial charge in [-0.25, -0.2) is 0 Å². The highest BCUT2D eigenvalue weighted by Gasteiger charge is 2.12. The zero-order valence-corrected chi connectivity index (χ0v) is 16.7. The Morgan fingerprint density at radius 2 is 1.68 bits per heavy atom. The summed E-state index contributed by atoms with van der Waals surface area (Å²) in [5.74, 6) is 2.44. The van der Waals surface area contributed by atoms with Crippen LogP contribution in [0.15, 0.2) is 40.9 Å². The van der Waals surface area contributed by atoms with E-state index in [9.17, 15) is 0 Å². The zero-order valence-electron chi connectivity index (χ0n) is 15.1. The first kappa shape index (κ1) is 19.6. The molecule has 0 amide bonds. The topological polar surface area (TPSA) is 39.7 Å². The molecule has 2 aromatic carbocycles. The third-order valence-corrected chi connectivity index (χ3v) is 4.23. The average molecular weight is 408 g/mol. The largest absolute Gasteiger partial charge is 0.497 e. The van der Waals surface area contributed by atoms with E-state index in [4.69, 9.17) is 14.2 Å². The quantitative estimate of drug-likeness (QED) is 0.605. The predicted molar refractivity (Wildman–Crippen MR) is 105 cm³/mol. The van der Waals surface area contributed by atoms with Gasteiger partial charge in [0.05, 0.1) is 24.8 Å². The second-order valence-corrected chi connectivity index (χ2v) is 6.49. The van der Waals surface area contributed by atoms with Crippen molar-refractivity contribution in [2.24, 2.45) is 0 Å².